The molecule has 2 rings (SSSR count). The highest BCUT2D eigenvalue weighted by atomic mass is 16.5. The van der Waals surface area contributed by atoms with Gasteiger partial charge < -0.3 is 10.1 Å². The van der Waals surface area contributed by atoms with Gasteiger partial charge in [-0.2, -0.15) is 0 Å². The van der Waals surface area contributed by atoms with Gasteiger partial charge in [-0.1, -0.05) is 31.9 Å². The third-order valence-electron chi connectivity index (χ3n) is 3.50. The van der Waals surface area contributed by atoms with Crippen molar-refractivity contribution in [3.8, 4) is 5.75 Å². The van der Waals surface area contributed by atoms with Gasteiger partial charge in [-0.05, 0) is 49.9 Å². The first kappa shape index (κ1) is 13.4. The highest BCUT2D eigenvalue weighted by Gasteiger charge is 2.25. The summed E-state index contributed by atoms with van der Waals surface area (Å²) in [6.07, 6.45) is 5.31. The maximum Gasteiger partial charge on any atom is 0.119 e. The van der Waals surface area contributed by atoms with Gasteiger partial charge >= 0.3 is 0 Å². The number of ether oxygens (including phenoxy) is 1. The van der Waals surface area contributed by atoms with E-state index in [1.807, 2.05) is 6.92 Å². The van der Waals surface area contributed by atoms with Crippen LogP contribution in [0.4, 0.5) is 0 Å². The first-order chi connectivity index (χ1) is 8.83. The smallest absolute Gasteiger partial charge is 0.119 e. The molecule has 0 aliphatic heterocycles. The van der Waals surface area contributed by atoms with E-state index < -0.39 is 0 Å². The lowest BCUT2D eigenvalue weighted by Crippen LogP contribution is -2.22. The van der Waals surface area contributed by atoms with Gasteiger partial charge in [0.05, 0.1) is 6.61 Å². The first-order valence-corrected chi connectivity index (χ1v) is 7.29. The Balaban J connectivity index is 1.98. The van der Waals surface area contributed by atoms with Crippen molar-refractivity contribution < 1.29 is 4.74 Å². The molecule has 1 fully saturated rings. The summed E-state index contributed by atoms with van der Waals surface area (Å²) in [5, 5.41) is 3.67. The van der Waals surface area contributed by atoms with Crippen LogP contribution in [0.5, 0.6) is 5.75 Å². The van der Waals surface area contributed by atoms with E-state index in [0.717, 1.165) is 24.8 Å². The molecule has 1 unspecified atom stereocenters. The van der Waals surface area contributed by atoms with Crippen LogP contribution in [0.25, 0.3) is 0 Å². The van der Waals surface area contributed by atoms with Crippen LogP contribution >= 0.6 is 0 Å². The van der Waals surface area contributed by atoms with Crippen LogP contribution in [0.1, 0.15) is 51.1 Å². The Morgan fingerprint density at radius 1 is 1.22 bits per heavy atom. The lowest BCUT2D eigenvalue weighted by molar-refractivity contribution is 0.340. The number of hydrogen-bond acceptors (Lipinski definition) is 2. The summed E-state index contributed by atoms with van der Waals surface area (Å²) in [6, 6.07) is 9.12. The molecule has 0 heterocycles. The predicted molar refractivity (Wildman–Crippen MR) is 76.0 cm³/mol. The zero-order chi connectivity index (χ0) is 12.8. The summed E-state index contributed by atoms with van der Waals surface area (Å²) in [5.74, 6) is 1.92. The number of hydrogen-bond donors (Lipinski definition) is 1. The van der Waals surface area contributed by atoms with E-state index in [0.29, 0.717) is 6.04 Å². The Kier molecular flexibility index (Phi) is 5.06. The fourth-order valence-corrected chi connectivity index (χ4v) is 2.31. The molecule has 1 atom stereocenters. The average Bonchev–Trinajstić information content (AvgIpc) is 3.20. The molecule has 0 amide bonds. The molecule has 0 radical (unpaired) electrons. The zero-order valence-electron chi connectivity index (χ0n) is 11.6. The third-order valence-corrected chi connectivity index (χ3v) is 3.50. The highest BCUT2D eigenvalue weighted by Crippen LogP contribution is 2.37. The van der Waals surface area contributed by atoms with E-state index in [2.05, 4.69) is 36.5 Å². The molecule has 0 spiro atoms. The topological polar surface area (TPSA) is 21.3 Å². The second-order valence-corrected chi connectivity index (χ2v) is 5.19. The van der Waals surface area contributed by atoms with Gasteiger partial charge in [0.2, 0.25) is 0 Å². The summed E-state index contributed by atoms with van der Waals surface area (Å²) >= 11 is 0. The van der Waals surface area contributed by atoms with Gasteiger partial charge in [-0.25, -0.2) is 0 Å². The molecular formula is C16H25NO. The molecule has 1 aliphatic carbocycles. The van der Waals surface area contributed by atoms with Crippen LogP contribution < -0.4 is 10.1 Å². The van der Waals surface area contributed by atoms with Crippen molar-refractivity contribution in [1.29, 1.82) is 0 Å². The maximum absolute atomic E-state index is 5.49. The molecule has 1 saturated carbocycles. The standard InChI is InChI=1S/C16H25NO/c1-3-11-17-16(12-13-5-6-13)14-7-9-15(10-8-14)18-4-2/h7-10,13,16-17H,3-6,11-12H2,1-2H3. The second-order valence-electron chi connectivity index (χ2n) is 5.19. The average molecular weight is 247 g/mol. The summed E-state index contributed by atoms with van der Waals surface area (Å²) in [4.78, 5) is 0. The molecule has 18 heavy (non-hydrogen) atoms. The molecule has 2 nitrogen and oxygen atoms in total. The Morgan fingerprint density at radius 2 is 1.94 bits per heavy atom. The summed E-state index contributed by atoms with van der Waals surface area (Å²) in [6.45, 7) is 6.08. The van der Waals surface area contributed by atoms with Gasteiger partial charge in [0.1, 0.15) is 5.75 Å². The van der Waals surface area contributed by atoms with Crippen molar-refractivity contribution >= 4 is 0 Å². The minimum Gasteiger partial charge on any atom is -0.494 e. The van der Waals surface area contributed by atoms with E-state index in [4.69, 9.17) is 4.74 Å². The van der Waals surface area contributed by atoms with Gasteiger partial charge in [-0.15, -0.1) is 0 Å². The van der Waals surface area contributed by atoms with Crippen LogP contribution in [0.15, 0.2) is 24.3 Å². The number of rotatable bonds is 8. The Bertz CT molecular complexity index is 343. The molecule has 0 saturated heterocycles. The lowest BCUT2D eigenvalue weighted by atomic mass is 10.0. The van der Waals surface area contributed by atoms with E-state index in [9.17, 15) is 0 Å². The summed E-state index contributed by atoms with van der Waals surface area (Å²) < 4.78 is 5.49. The Labute approximate surface area is 111 Å². The Morgan fingerprint density at radius 3 is 2.50 bits per heavy atom. The molecule has 0 aromatic heterocycles. The summed E-state index contributed by atoms with van der Waals surface area (Å²) in [7, 11) is 0. The fourth-order valence-electron chi connectivity index (χ4n) is 2.31. The van der Waals surface area contributed by atoms with Gasteiger partial charge in [0.15, 0.2) is 0 Å². The molecule has 2 heteroatoms. The highest BCUT2D eigenvalue weighted by molar-refractivity contribution is 5.29. The molecule has 1 aromatic carbocycles. The van der Waals surface area contributed by atoms with Crippen molar-refractivity contribution in [3.63, 3.8) is 0 Å². The molecule has 1 N–H and O–H groups in total. The first-order valence-electron chi connectivity index (χ1n) is 7.29. The normalized spacial score (nSPS) is 16.6. The van der Waals surface area contributed by atoms with Gasteiger partial charge in [0, 0.05) is 6.04 Å². The lowest BCUT2D eigenvalue weighted by Gasteiger charge is -2.19. The van der Waals surface area contributed by atoms with Gasteiger partial charge in [0.25, 0.3) is 0 Å². The molecule has 0 bridgehead atoms. The van der Waals surface area contributed by atoms with E-state index >= 15 is 0 Å². The number of benzene rings is 1. The van der Waals surface area contributed by atoms with E-state index in [1.54, 1.807) is 0 Å². The van der Waals surface area contributed by atoms with Crippen molar-refractivity contribution in [3.05, 3.63) is 29.8 Å². The maximum atomic E-state index is 5.49. The van der Waals surface area contributed by atoms with Crippen molar-refractivity contribution in [2.24, 2.45) is 5.92 Å². The molecule has 1 aromatic rings. The van der Waals surface area contributed by atoms with Crippen LogP contribution in [0, 0.1) is 5.92 Å². The SMILES string of the molecule is CCCNC(CC1CC1)c1ccc(OCC)cc1. The van der Waals surface area contributed by atoms with Gasteiger partial charge in [-0.3, -0.25) is 0 Å². The van der Waals surface area contributed by atoms with Crippen molar-refractivity contribution in [1.82, 2.24) is 5.32 Å². The van der Waals surface area contributed by atoms with Crippen LogP contribution in [-0.2, 0) is 0 Å². The molecular weight excluding hydrogens is 222 g/mol. The zero-order valence-corrected chi connectivity index (χ0v) is 11.6. The monoisotopic (exact) mass is 247 g/mol. The quantitative estimate of drug-likeness (QED) is 0.751. The van der Waals surface area contributed by atoms with E-state index in [-0.39, 0.29) is 0 Å². The van der Waals surface area contributed by atoms with Crippen LogP contribution in [-0.4, -0.2) is 13.2 Å². The third kappa shape index (κ3) is 4.02. The summed E-state index contributed by atoms with van der Waals surface area (Å²) in [5.41, 5.74) is 1.40. The van der Waals surface area contributed by atoms with Crippen molar-refractivity contribution in [2.75, 3.05) is 13.2 Å². The second kappa shape index (κ2) is 6.79. The van der Waals surface area contributed by atoms with Crippen LogP contribution in [0.2, 0.25) is 0 Å². The van der Waals surface area contributed by atoms with E-state index in [1.165, 1.54) is 31.2 Å². The predicted octanol–water partition coefficient (Wildman–Crippen LogP) is 3.93. The van der Waals surface area contributed by atoms with Crippen molar-refractivity contribution in [2.45, 2.75) is 45.6 Å². The fraction of sp³-hybridized carbons (Fsp3) is 0.625. The van der Waals surface area contributed by atoms with Crippen LogP contribution in [0.3, 0.4) is 0 Å². The Hall–Kier alpha value is -1.02. The molecule has 1 aliphatic rings. The minimum absolute atomic E-state index is 0.521. The largest absolute Gasteiger partial charge is 0.494 e. The molecule has 100 valence electrons. The minimum atomic E-state index is 0.521. The number of nitrogens with one attached hydrogen (secondary N) is 1.